The van der Waals surface area contributed by atoms with Gasteiger partial charge >= 0.3 is 0 Å². The molecule has 0 radical (unpaired) electrons. The average Bonchev–Trinajstić information content (AvgIpc) is 2.39. The van der Waals surface area contributed by atoms with E-state index in [0.717, 1.165) is 4.47 Å². The van der Waals surface area contributed by atoms with E-state index in [2.05, 4.69) is 15.9 Å². The molecule has 20 heavy (non-hydrogen) atoms. The summed E-state index contributed by atoms with van der Waals surface area (Å²) in [5.41, 5.74) is 6.63. The Kier molecular flexibility index (Phi) is 5.02. The zero-order valence-electron chi connectivity index (χ0n) is 10.8. The largest absolute Gasteiger partial charge is 0.483 e. The Balaban J connectivity index is 2.33. The van der Waals surface area contributed by atoms with Crippen LogP contribution in [0, 0.1) is 5.82 Å². The molecule has 0 spiro atoms. The molecule has 0 aliphatic rings. The fourth-order valence-corrected chi connectivity index (χ4v) is 2.37. The topological polar surface area (TPSA) is 35.2 Å². The Hall–Kier alpha value is -1.10. The molecule has 2 N–H and O–H groups in total. The van der Waals surface area contributed by atoms with Gasteiger partial charge in [0.1, 0.15) is 17.7 Å². The van der Waals surface area contributed by atoms with Crippen LogP contribution in [0.2, 0.25) is 5.02 Å². The van der Waals surface area contributed by atoms with Crippen molar-refractivity contribution in [3.63, 3.8) is 0 Å². The molecule has 0 fully saturated rings. The Morgan fingerprint density at radius 2 is 2.00 bits per heavy atom. The maximum Gasteiger partial charge on any atom is 0.140 e. The normalized spacial score (nSPS) is 13.8. The predicted octanol–water partition coefficient (Wildman–Crippen LogP) is 4.71. The van der Waals surface area contributed by atoms with Crippen LogP contribution in [0.15, 0.2) is 46.9 Å². The second-order valence-corrected chi connectivity index (χ2v) is 5.85. The van der Waals surface area contributed by atoms with Crippen molar-refractivity contribution in [1.82, 2.24) is 0 Å². The van der Waals surface area contributed by atoms with Crippen LogP contribution in [0.1, 0.15) is 18.6 Å². The van der Waals surface area contributed by atoms with Crippen LogP contribution in [0.5, 0.6) is 5.75 Å². The van der Waals surface area contributed by atoms with Crippen molar-refractivity contribution in [2.45, 2.75) is 19.1 Å². The molecule has 2 rings (SSSR count). The van der Waals surface area contributed by atoms with Gasteiger partial charge in [-0.1, -0.05) is 39.7 Å². The average molecular weight is 359 g/mol. The molecular formula is C15H14BrClFNO. The van der Waals surface area contributed by atoms with E-state index in [1.807, 2.05) is 13.0 Å². The summed E-state index contributed by atoms with van der Waals surface area (Å²) < 4.78 is 20.1. The molecule has 0 saturated heterocycles. The molecule has 5 heteroatoms. The number of ether oxygens (including phenoxy) is 1. The van der Waals surface area contributed by atoms with E-state index in [-0.39, 0.29) is 11.9 Å². The number of halogens is 3. The lowest BCUT2D eigenvalue weighted by molar-refractivity contribution is 0.180. The van der Waals surface area contributed by atoms with Crippen molar-refractivity contribution >= 4 is 27.5 Å². The first-order valence-corrected chi connectivity index (χ1v) is 7.27. The van der Waals surface area contributed by atoms with Gasteiger partial charge in [0.2, 0.25) is 0 Å². The van der Waals surface area contributed by atoms with E-state index in [0.29, 0.717) is 16.3 Å². The summed E-state index contributed by atoms with van der Waals surface area (Å²) >= 11 is 9.46. The van der Waals surface area contributed by atoms with E-state index < -0.39 is 6.10 Å². The van der Waals surface area contributed by atoms with Crippen LogP contribution in [-0.4, -0.2) is 6.04 Å². The number of benzene rings is 2. The van der Waals surface area contributed by atoms with Gasteiger partial charge in [0.05, 0.1) is 5.02 Å². The van der Waals surface area contributed by atoms with Gasteiger partial charge in [0.15, 0.2) is 0 Å². The van der Waals surface area contributed by atoms with Gasteiger partial charge in [-0.05, 0) is 42.8 Å². The Labute approximate surface area is 130 Å². The number of nitrogens with two attached hydrogens (primary N) is 1. The third-order valence-corrected chi connectivity index (χ3v) is 3.61. The monoisotopic (exact) mass is 357 g/mol. The van der Waals surface area contributed by atoms with Crippen LogP contribution in [0.4, 0.5) is 4.39 Å². The van der Waals surface area contributed by atoms with Crippen molar-refractivity contribution in [3.05, 3.63) is 63.3 Å². The molecule has 0 saturated carbocycles. The molecule has 106 valence electrons. The van der Waals surface area contributed by atoms with Crippen molar-refractivity contribution in [2.75, 3.05) is 0 Å². The second kappa shape index (κ2) is 6.57. The highest BCUT2D eigenvalue weighted by Gasteiger charge is 2.20. The zero-order valence-corrected chi connectivity index (χ0v) is 13.2. The van der Waals surface area contributed by atoms with Gasteiger partial charge in [-0.3, -0.25) is 0 Å². The SMILES string of the molecule is CC(N)C(Oc1cc(Br)ccc1Cl)c1cccc(F)c1. The van der Waals surface area contributed by atoms with Crippen LogP contribution in [-0.2, 0) is 0 Å². The maximum atomic E-state index is 13.3. The van der Waals surface area contributed by atoms with E-state index in [9.17, 15) is 4.39 Å². The molecule has 0 amide bonds. The molecule has 2 aromatic carbocycles. The molecule has 0 aliphatic heterocycles. The summed E-state index contributed by atoms with van der Waals surface area (Å²) in [5.74, 6) is 0.185. The van der Waals surface area contributed by atoms with Crippen LogP contribution >= 0.6 is 27.5 Å². The summed E-state index contributed by atoms with van der Waals surface area (Å²) in [5, 5.41) is 0.482. The highest BCUT2D eigenvalue weighted by molar-refractivity contribution is 9.10. The number of rotatable bonds is 4. The molecule has 0 heterocycles. The molecule has 2 nitrogen and oxygen atoms in total. The van der Waals surface area contributed by atoms with Crippen LogP contribution < -0.4 is 10.5 Å². The fourth-order valence-electron chi connectivity index (χ4n) is 1.87. The highest BCUT2D eigenvalue weighted by Crippen LogP contribution is 2.32. The molecule has 0 bridgehead atoms. The van der Waals surface area contributed by atoms with Crippen molar-refractivity contribution in [3.8, 4) is 5.75 Å². The van der Waals surface area contributed by atoms with Crippen molar-refractivity contribution in [1.29, 1.82) is 0 Å². The number of hydrogen-bond donors (Lipinski definition) is 1. The third kappa shape index (κ3) is 3.72. The summed E-state index contributed by atoms with van der Waals surface area (Å²) in [6.45, 7) is 1.81. The maximum absolute atomic E-state index is 13.3. The molecule has 2 atom stereocenters. The Bertz CT molecular complexity index is 606. The number of hydrogen-bond acceptors (Lipinski definition) is 2. The first kappa shape index (κ1) is 15.3. The van der Waals surface area contributed by atoms with Gasteiger partial charge in [-0.2, -0.15) is 0 Å². The second-order valence-electron chi connectivity index (χ2n) is 4.53. The van der Waals surface area contributed by atoms with Gasteiger partial charge in [-0.15, -0.1) is 0 Å². The quantitative estimate of drug-likeness (QED) is 0.859. The molecular weight excluding hydrogens is 345 g/mol. The Morgan fingerprint density at radius 1 is 1.25 bits per heavy atom. The minimum atomic E-state index is -0.475. The van der Waals surface area contributed by atoms with E-state index in [4.69, 9.17) is 22.1 Å². The van der Waals surface area contributed by atoms with E-state index in [1.165, 1.54) is 12.1 Å². The lowest BCUT2D eigenvalue weighted by Crippen LogP contribution is -2.29. The van der Waals surface area contributed by atoms with E-state index >= 15 is 0 Å². The lowest BCUT2D eigenvalue weighted by Gasteiger charge is -2.23. The molecule has 2 unspecified atom stereocenters. The standard InChI is InChI=1S/C15H14BrClFNO/c1-9(19)15(10-3-2-4-12(18)7-10)20-14-8-11(16)5-6-13(14)17/h2-9,15H,19H2,1H3. The summed E-state index contributed by atoms with van der Waals surface area (Å²) in [6.07, 6.45) is -0.475. The summed E-state index contributed by atoms with van der Waals surface area (Å²) in [4.78, 5) is 0. The van der Waals surface area contributed by atoms with Crippen molar-refractivity contribution in [2.24, 2.45) is 5.73 Å². The van der Waals surface area contributed by atoms with E-state index in [1.54, 1.807) is 24.3 Å². The minimum absolute atomic E-state index is 0.313. The van der Waals surface area contributed by atoms with Gasteiger partial charge in [-0.25, -0.2) is 4.39 Å². The Morgan fingerprint density at radius 3 is 2.65 bits per heavy atom. The molecule has 0 aromatic heterocycles. The highest BCUT2D eigenvalue weighted by atomic mass is 79.9. The van der Waals surface area contributed by atoms with Gasteiger partial charge in [0, 0.05) is 10.5 Å². The smallest absolute Gasteiger partial charge is 0.140 e. The van der Waals surface area contributed by atoms with Crippen LogP contribution in [0.25, 0.3) is 0 Å². The van der Waals surface area contributed by atoms with Gasteiger partial charge < -0.3 is 10.5 Å². The molecule has 2 aromatic rings. The molecule has 0 aliphatic carbocycles. The van der Waals surface area contributed by atoms with Crippen LogP contribution in [0.3, 0.4) is 0 Å². The minimum Gasteiger partial charge on any atom is -0.483 e. The van der Waals surface area contributed by atoms with Crippen molar-refractivity contribution < 1.29 is 9.13 Å². The summed E-state index contributed by atoms with van der Waals surface area (Å²) in [6, 6.07) is 11.2. The lowest BCUT2D eigenvalue weighted by atomic mass is 10.0. The predicted molar refractivity (Wildman–Crippen MR) is 82.6 cm³/mol. The van der Waals surface area contributed by atoms with Gasteiger partial charge in [0.25, 0.3) is 0 Å². The first-order valence-electron chi connectivity index (χ1n) is 6.10. The third-order valence-electron chi connectivity index (χ3n) is 2.80. The fraction of sp³-hybridized carbons (Fsp3) is 0.200. The zero-order chi connectivity index (χ0) is 14.7. The first-order chi connectivity index (χ1) is 9.47. The summed E-state index contributed by atoms with van der Waals surface area (Å²) in [7, 11) is 0.